The highest BCUT2D eigenvalue weighted by atomic mass is 35.5. The smallest absolute Gasteiger partial charge is 0.254 e. The zero-order chi connectivity index (χ0) is 20.5. The van der Waals surface area contributed by atoms with Crippen molar-refractivity contribution >= 4 is 40.1 Å². The molecule has 1 saturated carbocycles. The molecule has 0 N–H and O–H groups in total. The molecule has 0 bridgehead atoms. The molecule has 4 nitrogen and oxygen atoms in total. The summed E-state index contributed by atoms with van der Waals surface area (Å²) >= 11 is 12.1. The summed E-state index contributed by atoms with van der Waals surface area (Å²) in [6, 6.07) is 9.76. The van der Waals surface area contributed by atoms with E-state index in [-0.39, 0.29) is 10.9 Å². The number of carbonyl (C=O) groups is 1. The molecule has 0 radical (unpaired) electrons. The third-order valence-electron chi connectivity index (χ3n) is 5.21. The number of imidazole rings is 1. The summed E-state index contributed by atoms with van der Waals surface area (Å²) in [6.45, 7) is 3.84. The second-order valence-corrected chi connectivity index (χ2v) is 8.41. The molecule has 1 aliphatic rings. The van der Waals surface area contributed by atoms with Gasteiger partial charge in [0, 0.05) is 23.7 Å². The highest BCUT2D eigenvalue weighted by Crippen LogP contribution is 2.33. The van der Waals surface area contributed by atoms with Crippen molar-refractivity contribution in [3.8, 4) is 0 Å². The van der Waals surface area contributed by atoms with Gasteiger partial charge in [-0.05, 0) is 61.6 Å². The van der Waals surface area contributed by atoms with E-state index in [0.717, 1.165) is 29.8 Å². The van der Waals surface area contributed by atoms with E-state index in [0.29, 0.717) is 29.6 Å². The summed E-state index contributed by atoms with van der Waals surface area (Å²) in [7, 11) is 0. The first-order chi connectivity index (χ1) is 14.0. The molecule has 1 amide bonds. The van der Waals surface area contributed by atoms with Gasteiger partial charge in [-0.2, -0.15) is 0 Å². The summed E-state index contributed by atoms with van der Waals surface area (Å²) in [5.41, 5.74) is 2.24. The summed E-state index contributed by atoms with van der Waals surface area (Å²) in [6.07, 6.45) is 3.23. The van der Waals surface area contributed by atoms with Gasteiger partial charge >= 0.3 is 0 Å². The van der Waals surface area contributed by atoms with E-state index >= 15 is 0 Å². The second-order valence-electron chi connectivity index (χ2n) is 7.57. The van der Waals surface area contributed by atoms with Crippen molar-refractivity contribution < 1.29 is 9.18 Å². The van der Waals surface area contributed by atoms with Crippen LogP contribution in [-0.4, -0.2) is 26.9 Å². The van der Waals surface area contributed by atoms with Gasteiger partial charge in [-0.15, -0.1) is 0 Å². The van der Waals surface area contributed by atoms with Gasteiger partial charge in [-0.3, -0.25) is 4.79 Å². The Hall–Kier alpha value is -2.11. The number of nitrogens with zero attached hydrogens (tertiary/aromatic N) is 3. The Bertz CT molecular complexity index is 1060. The van der Waals surface area contributed by atoms with Crippen LogP contribution in [0.1, 0.15) is 42.4 Å². The van der Waals surface area contributed by atoms with Gasteiger partial charge in [0.1, 0.15) is 11.6 Å². The van der Waals surface area contributed by atoms with E-state index in [2.05, 4.69) is 4.57 Å². The van der Waals surface area contributed by atoms with Crippen molar-refractivity contribution in [3.05, 3.63) is 63.6 Å². The first-order valence-corrected chi connectivity index (χ1v) is 10.6. The van der Waals surface area contributed by atoms with Gasteiger partial charge in [-0.25, -0.2) is 9.37 Å². The molecule has 1 heterocycles. The molecule has 1 fully saturated rings. The molecule has 152 valence electrons. The monoisotopic (exact) mass is 433 g/mol. The number of carbonyl (C=O) groups excluding carboxylic acids is 1. The summed E-state index contributed by atoms with van der Waals surface area (Å²) < 4.78 is 15.7. The fourth-order valence-electron chi connectivity index (χ4n) is 3.53. The van der Waals surface area contributed by atoms with Crippen LogP contribution >= 0.6 is 23.2 Å². The van der Waals surface area contributed by atoms with Gasteiger partial charge in [0.2, 0.25) is 0 Å². The van der Waals surface area contributed by atoms with Crippen molar-refractivity contribution in [1.82, 2.24) is 14.5 Å². The fourth-order valence-corrected chi connectivity index (χ4v) is 3.88. The first-order valence-electron chi connectivity index (χ1n) is 9.85. The molecule has 29 heavy (non-hydrogen) atoms. The predicted octanol–water partition coefficient (Wildman–Crippen LogP) is 5.94. The van der Waals surface area contributed by atoms with Crippen molar-refractivity contribution in [3.63, 3.8) is 0 Å². The zero-order valence-corrected chi connectivity index (χ0v) is 17.7. The third kappa shape index (κ3) is 4.41. The van der Waals surface area contributed by atoms with Crippen LogP contribution in [0.15, 0.2) is 36.4 Å². The van der Waals surface area contributed by atoms with Crippen LogP contribution in [0.3, 0.4) is 0 Å². The second kappa shape index (κ2) is 8.33. The first kappa shape index (κ1) is 20.2. The number of hydrogen-bond donors (Lipinski definition) is 0. The fraction of sp³-hybridized carbons (Fsp3) is 0.364. The van der Waals surface area contributed by atoms with Crippen LogP contribution in [0, 0.1) is 11.7 Å². The lowest BCUT2D eigenvalue weighted by Gasteiger charge is -2.23. The van der Waals surface area contributed by atoms with Gasteiger partial charge in [-0.1, -0.05) is 30.1 Å². The lowest BCUT2D eigenvalue weighted by atomic mass is 10.2. The number of benzene rings is 2. The number of amides is 1. The molecule has 1 aromatic heterocycles. The highest BCUT2D eigenvalue weighted by molar-refractivity contribution is 6.31. The molecular formula is C22H22Cl2FN3O. The average molecular weight is 434 g/mol. The zero-order valence-electron chi connectivity index (χ0n) is 16.2. The van der Waals surface area contributed by atoms with Crippen LogP contribution < -0.4 is 0 Å². The molecular weight excluding hydrogens is 412 g/mol. The van der Waals surface area contributed by atoms with Gasteiger partial charge in [0.25, 0.3) is 5.91 Å². The van der Waals surface area contributed by atoms with Crippen LogP contribution in [0.4, 0.5) is 4.39 Å². The van der Waals surface area contributed by atoms with Crippen LogP contribution in [0.2, 0.25) is 10.0 Å². The number of halogens is 3. The lowest BCUT2D eigenvalue weighted by Crippen LogP contribution is -2.32. The van der Waals surface area contributed by atoms with E-state index < -0.39 is 5.82 Å². The Balaban J connectivity index is 1.67. The predicted molar refractivity (Wildman–Crippen MR) is 114 cm³/mol. The standard InChI is InChI=1S/C22H22Cl2FN3O/c1-2-9-27(22(29)15-5-7-18(25)17(24)10-15)13-21-26-19-8-6-16(23)11-20(19)28(21)12-14-3-4-14/h5-8,10-11,14H,2-4,9,12-13H2,1H3. The summed E-state index contributed by atoms with van der Waals surface area (Å²) in [5.74, 6) is 0.769. The van der Waals surface area contributed by atoms with Gasteiger partial charge in [0.05, 0.1) is 22.6 Å². The Morgan fingerprint density at radius 3 is 2.72 bits per heavy atom. The molecule has 0 spiro atoms. The lowest BCUT2D eigenvalue weighted by molar-refractivity contribution is 0.0737. The van der Waals surface area contributed by atoms with Crippen molar-refractivity contribution in [2.45, 2.75) is 39.3 Å². The molecule has 0 atom stereocenters. The quantitative estimate of drug-likeness (QED) is 0.461. The number of aromatic nitrogens is 2. The van der Waals surface area contributed by atoms with Gasteiger partial charge in [0.15, 0.2) is 0 Å². The molecule has 1 aliphatic carbocycles. The summed E-state index contributed by atoms with van der Waals surface area (Å²) in [5, 5.41) is 0.617. The molecule has 0 aliphatic heterocycles. The van der Waals surface area contributed by atoms with Crippen molar-refractivity contribution in [2.24, 2.45) is 5.92 Å². The maximum absolute atomic E-state index is 13.5. The van der Waals surface area contributed by atoms with E-state index in [9.17, 15) is 9.18 Å². The molecule has 3 aromatic rings. The Kier molecular flexibility index (Phi) is 5.79. The third-order valence-corrected chi connectivity index (χ3v) is 5.73. The Morgan fingerprint density at radius 1 is 1.24 bits per heavy atom. The van der Waals surface area contributed by atoms with Crippen LogP contribution in [0.25, 0.3) is 11.0 Å². The molecule has 7 heteroatoms. The van der Waals surface area contributed by atoms with E-state index in [1.165, 1.54) is 31.0 Å². The minimum atomic E-state index is -0.534. The topological polar surface area (TPSA) is 38.1 Å². The minimum absolute atomic E-state index is 0.0529. The largest absolute Gasteiger partial charge is 0.331 e. The maximum Gasteiger partial charge on any atom is 0.254 e. The normalized spacial score (nSPS) is 13.8. The van der Waals surface area contributed by atoms with Crippen molar-refractivity contribution in [2.75, 3.05) is 6.54 Å². The molecule has 4 rings (SSSR count). The van der Waals surface area contributed by atoms with E-state index in [4.69, 9.17) is 28.2 Å². The number of rotatable bonds is 7. The van der Waals surface area contributed by atoms with Crippen LogP contribution in [0.5, 0.6) is 0 Å². The number of hydrogen-bond acceptors (Lipinski definition) is 2. The minimum Gasteiger partial charge on any atom is -0.331 e. The van der Waals surface area contributed by atoms with E-state index in [1.807, 2.05) is 25.1 Å². The number of fused-ring (bicyclic) bond motifs is 1. The molecule has 0 saturated heterocycles. The Morgan fingerprint density at radius 2 is 2.03 bits per heavy atom. The summed E-state index contributed by atoms with van der Waals surface area (Å²) in [4.78, 5) is 19.6. The van der Waals surface area contributed by atoms with Gasteiger partial charge < -0.3 is 9.47 Å². The van der Waals surface area contributed by atoms with Crippen LogP contribution in [-0.2, 0) is 13.1 Å². The molecule has 0 unspecified atom stereocenters. The Labute approximate surface area is 179 Å². The molecule has 2 aromatic carbocycles. The SMILES string of the molecule is CCCN(Cc1nc2ccc(Cl)cc2n1CC1CC1)C(=O)c1ccc(F)c(Cl)c1. The maximum atomic E-state index is 13.5. The highest BCUT2D eigenvalue weighted by Gasteiger charge is 2.26. The van der Waals surface area contributed by atoms with E-state index in [1.54, 1.807) is 4.90 Å². The average Bonchev–Trinajstić information content (AvgIpc) is 3.46. The van der Waals surface area contributed by atoms with Crippen molar-refractivity contribution in [1.29, 1.82) is 0 Å².